The van der Waals surface area contributed by atoms with Gasteiger partial charge < -0.3 is 5.32 Å². The maximum Gasteiger partial charge on any atom is 0.417 e. The SMILES string of the molecule is Cc1nc2n(c1C(=O)Nc1ccc(Cl)cn1)N=C(c1ccccc1C(F)(F)F)CC2. The maximum atomic E-state index is 13.4. The molecule has 0 aliphatic carbocycles. The van der Waals surface area contributed by atoms with E-state index in [-0.39, 0.29) is 29.2 Å². The van der Waals surface area contributed by atoms with Crippen LogP contribution < -0.4 is 5.32 Å². The first-order chi connectivity index (χ1) is 14.2. The number of carbonyl (C=O) groups is 1. The van der Waals surface area contributed by atoms with Gasteiger partial charge in [-0.15, -0.1) is 0 Å². The predicted octanol–water partition coefficient (Wildman–Crippen LogP) is 4.71. The number of aryl methyl sites for hydroxylation is 2. The van der Waals surface area contributed by atoms with E-state index in [2.05, 4.69) is 20.4 Å². The highest BCUT2D eigenvalue weighted by atomic mass is 35.5. The normalized spacial score (nSPS) is 13.6. The molecule has 0 radical (unpaired) electrons. The Kier molecular flexibility index (Phi) is 5.07. The van der Waals surface area contributed by atoms with Crippen LogP contribution in [-0.2, 0) is 12.6 Å². The van der Waals surface area contributed by atoms with Gasteiger partial charge >= 0.3 is 6.18 Å². The van der Waals surface area contributed by atoms with E-state index >= 15 is 0 Å². The second-order valence-electron chi connectivity index (χ2n) is 6.68. The van der Waals surface area contributed by atoms with Crippen LogP contribution in [-0.4, -0.2) is 26.3 Å². The summed E-state index contributed by atoms with van der Waals surface area (Å²) in [4.78, 5) is 21.2. The lowest BCUT2D eigenvalue weighted by atomic mass is 9.98. The number of aromatic nitrogens is 3. The summed E-state index contributed by atoms with van der Waals surface area (Å²) in [5.74, 6) is 0.270. The van der Waals surface area contributed by atoms with Crippen molar-refractivity contribution < 1.29 is 18.0 Å². The van der Waals surface area contributed by atoms with Gasteiger partial charge in [0, 0.05) is 18.2 Å². The van der Waals surface area contributed by atoms with Crippen LogP contribution in [0.25, 0.3) is 0 Å². The van der Waals surface area contributed by atoms with Crippen molar-refractivity contribution in [3.63, 3.8) is 0 Å². The Morgan fingerprint density at radius 1 is 1.17 bits per heavy atom. The van der Waals surface area contributed by atoms with Crippen LogP contribution >= 0.6 is 11.6 Å². The van der Waals surface area contributed by atoms with Crippen molar-refractivity contribution >= 4 is 29.0 Å². The highest BCUT2D eigenvalue weighted by Crippen LogP contribution is 2.33. The highest BCUT2D eigenvalue weighted by Gasteiger charge is 2.35. The number of hydrogen-bond acceptors (Lipinski definition) is 4. The Morgan fingerprint density at radius 2 is 1.93 bits per heavy atom. The first-order valence-corrected chi connectivity index (χ1v) is 9.37. The summed E-state index contributed by atoms with van der Waals surface area (Å²) in [6, 6.07) is 8.38. The molecule has 0 bridgehead atoms. The molecule has 6 nitrogen and oxygen atoms in total. The van der Waals surface area contributed by atoms with Crippen molar-refractivity contribution in [3.05, 3.63) is 76.0 Å². The summed E-state index contributed by atoms with van der Waals surface area (Å²) in [7, 11) is 0. The average molecular weight is 434 g/mol. The molecule has 3 heterocycles. The van der Waals surface area contributed by atoms with Gasteiger partial charge in [0.25, 0.3) is 5.91 Å². The van der Waals surface area contributed by atoms with E-state index < -0.39 is 17.6 Å². The monoisotopic (exact) mass is 433 g/mol. The molecule has 1 aliphatic rings. The van der Waals surface area contributed by atoms with Crippen LogP contribution in [0.3, 0.4) is 0 Å². The third-order valence-electron chi connectivity index (χ3n) is 4.63. The number of rotatable bonds is 3. The third-order valence-corrected chi connectivity index (χ3v) is 4.85. The second-order valence-corrected chi connectivity index (χ2v) is 7.12. The number of alkyl halides is 3. The molecule has 1 N–H and O–H groups in total. The molecule has 10 heteroatoms. The van der Waals surface area contributed by atoms with Crippen molar-refractivity contribution in [1.29, 1.82) is 0 Å². The minimum atomic E-state index is -4.51. The molecular formula is C20H15ClF3N5O. The molecule has 4 rings (SSSR count). The topological polar surface area (TPSA) is 72.2 Å². The molecule has 1 aliphatic heterocycles. The fourth-order valence-corrected chi connectivity index (χ4v) is 3.41. The zero-order valence-electron chi connectivity index (χ0n) is 15.7. The van der Waals surface area contributed by atoms with E-state index in [1.54, 1.807) is 13.0 Å². The zero-order chi connectivity index (χ0) is 21.5. The molecular weight excluding hydrogens is 419 g/mol. The summed E-state index contributed by atoms with van der Waals surface area (Å²) in [5.41, 5.74) is 0.0358. The van der Waals surface area contributed by atoms with Gasteiger partial charge in [-0.25, -0.2) is 14.6 Å². The average Bonchev–Trinajstić information content (AvgIpc) is 3.04. The fraction of sp³-hybridized carbons (Fsp3) is 0.200. The number of carbonyl (C=O) groups excluding carboxylic acids is 1. The molecule has 3 aromatic rings. The Labute approximate surface area is 174 Å². The Morgan fingerprint density at radius 3 is 2.63 bits per heavy atom. The largest absolute Gasteiger partial charge is 0.417 e. The van der Waals surface area contributed by atoms with Gasteiger partial charge in [0.05, 0.1) is 22.0 Å². The molecule has 0 saturated carbocycles. The summed E-state index contributed by atoms with van der Waals surface area (Å²) < 4.78 is 41.6. The fourth-order valence-electron chi connectivity index (χ4n) is 3.30. The molecule has 0 fully saturated rings. The molecule has 1 amide bonds. The van der Waals surface area contributed by atoms with Crippen molar-refractivity contribution in [2.24, 2.45) is 5.10 Å². The number of nitrogens with one attached hydrogen (secondary N) is 1. The van der Waals surface area contributed by atoms with E-state index in [4.69, 9.17) is 11.6 Å². The minimum Gasteiger partial charge on any atom is -0.305 e. The Bertz CT molecular complexity index is 1150. The number of hydrogen-bond donors (Lipinski definition) is 1. The highest BCUT2D eigenvalue weighted by molar-refractivity contribution is 6.30. The van der Waals surface area contributed by atoms with Crippen LogP contribution in [0.1, 0.15) is 39.6 Å². The number of benzene rings is 1. The van der Waals surface area contributed by atoms with Crippen molar-refractivity contribution in [3.8, 4) is 0 Å². The van der Waals surface area contributed by atoms with Crippen molar-refractivity contribution in [2.45, 2.75) is 25.9 Å². The van der Waals surface area contributed by atoms with Gasteiger partial charge in [0.2, 0.25) is 0 Å². The lowest BCUT2D eigenvalue weighted by Gasteiger charge is -2.18. The lowest BCUT2D eigenvalue weighted by molar-refractivity contribution is -0.137. The summed E-state index contributed by atoms with van der Waals surface area (Å²) >= 11 is 5.80. The first-order valence-electron chi connectivity index (χ1n) is 8.99. The van der Waals surface area contributed by atoms with Crippen LogP contribution in [0.15, 0.2) is 47.7 Å². The smallest absolute Gasteiger partial charge is 0.305 e. The maximum absolute atomic E-state index is 13.4. The third kappa shape index (κ3) is 3.80. The molecule has 1 aromatic carbocycles. The van der Waals surface area contributed by atoms with E-state index in [9.17, 15) is 18.0 Å². The van der Waals surface area contributed by atoms with Gasteiger partial charge in [-0.2, -0.15) is 18.3 Å². The standard InChI is InChI=1S/C20H15ClF3N5O/c1-11-18(19(30)27-16-8-6-12(21)10-25-16)29-17(26-11)9-7-15(28-29)13-4-2-3-5-14(13)20(22,23)24/h2-6,8,10H,7,9H2,1H3,(H,25,27,30). The van der Waals surface area contributed by atoms with Crippen LogP contribution in [0.5, 0.6) is 0 Å². The number of pyridine rings is 1. The van der Waals surface area contributed by atoms with Gasteiger partial charge in [0.15, 0.2) is 5.69 Å². The van der Waals surface area contributed by atoms with E-state index in [1.165, 1.54) is 35.1 Å². The second kappa shape index (κ2) is 7.56. The van der Waals surface area contributed by atoms with Gasteiger partial charge in [-0.3, -0.25) is 4.79 Å². The van der Waals surface area contributed by atoms with Crippen LogP contribution in [0.2, 0.25) is 5.02 Å². The summed E-state index contributed by atoms with van der Waals surface area (Å²) in [6.45, 7) is 1.65. The van der Waals surface area contributed by atoms with Crippen molar-refractivity contribution in [1.82, 2.24) is 14.6 Å². The number of amides is 1. The number of imidazole rings is 1. The lowest BCUT2D eigenvalue weighted by Crippen LogP contribution is -2.23. The van der Waals surface area contributed by atoms with Crippen LogP contribution in [0.4, 0.5) is 19.0 Å². The van der Waals surface area contributed by atoms with Gasteiger partial charge in [-0.1, -0.05) is 29.8 Å². The van der Waals surface area contributed by atoms with Gasteiger partial charge in [-0.05, 0) is 31.5 Å². The molecule has 2 aromatic heterocycles. The number of halogens is 4. The number of anilines is 1. The van der Waals surface area contributed by atoms with Crippen molar-refractivity contribution in [2.75, 3.05) is 5.32 Å². The molecule has 0 unspecified atom stereocenters. The van der Waals surface area contributed by atoms with Crippen LogP contribution in [0, 0.1) is 6.92 Å². The predicted molar refractivity (Wildman–Crippen MR) is 106 cm³/mol. The summed E-state index contributed by atoms with van der Waals surface area (Å²) in [5, 5.41) is 7.41. The minimum absolute atomic E-state index is 0.00673. The van der Waals surface area contributed by atoms with E-state index in [0.717, 1.165) is 6.07 Å². The van der Waals surface area contributed by atoms with E-state index in [0.29, 0.717) is 23.0 Å². The molecule has 0 spiro atoms. The number of fused-ring (bicyclic) bond motifs is 1. The summed E-state index contributed by atoms with van der Waals surface area (Å²) in [6.07, 6.45) is -2.48. The molecule has 0 saturated heterocycles. The number of nitrogens with zero attached hydrogens (tertiary/aromatic N) is 4. The first kappa shape index (κ1) is 20.1. The Balaban J connectivity index is 1.73. The molecule has 154 valence electrons. The van der Waals surface area contributed by atoms with Gasteiger partial charge in [0.1, 0.15) is 11.6 Å². The molecule has 0 atom stereocenters. The van der Waals surface area contributed by atoms with E-state index in [1.807, 2.05) is 0 Å². The Hall–Kier alpha value is -3.20. The quantitative estimate of drug-likeness (QED) is 0.650. The molecule has 30 heavy (non-hydrogen) atoms. The zero-order valence-corrected chi connectivity index (χ0v) is 16.4.